The molecule has 1 saturated heterocycles. The molecule has 2 aromatic rings. The Hall–Kier alpha value is -3.03. The molecule has 4 rings (SSSR count). The second kappa shape index (κ2) is 7.18. The zero-order valence-corrected chi connectivity index (χ0v) is 15.6. The Morgan fingerprint density at radius 2 is 1.82 bits per heavy atom. The topological polar surface area (TPSA) is 98.0 Å². The van der Waals surface area contributed by atoms with Crippen LogP contribution in [-0.4, -0.2) is 38.6 Å². The van der Waals surface area contributed by atoms with Gasteiger partial charge >= 0.3 is 5.97 Å². The van der Waals surface area contributed by atoms with Crippen molar-refractivity contribution in [1.29, 1.82) is 0 Å². The van der Waals surface area contributed by atoms with E-state index in [9.17, 15) is 19.2 Å². The molecule has 146 valence electrons. The Labute approximate surface area is 161 Å². The predicted molar refractivity (Wildman–Crippen MR) is 98.2 cm³/mol. The lowest BCUT2D eigenvalue weighted by Crippen LogP contribution is -2.36. The van der Waals surface area contributed by atoms with Crippen LogP contribution in [0.2, 0.25) is 0 Å². The third kappa shape index (κ3) is 3.19. The molecule has 3 heterocycles. The molecule has 2 aliphatic rings. The van der Waals surface area contributed by atoms with Crippen LogP contribution in [0.25, 0.3) is 5.65 Å². The molecule has 1 aliphatic carbocycles. The number of carbonyl (C=O) groups is 3. The molecular formula is C20H21N3O5. The molecule has 8 heteroatoms. The van der Waals surface area contributed by atoms with Crippen molar-refractivity contribution >= 4 is 23.4 Å². The highest BCUT2D eigenvalue weighted by atomic mass is 16.5. The van der Waals surface area contributed by atoms with Crippen molar-refractivity contribution in [3.63, 3.8) is 0 Å². The fourth-order valence-electron chi connectivity index (χ4n) is 4.15. The number of ether oxygens (including phenoxy) is 1. The van der Waals surface area contributed by atoms with Crippen LogP contribution in [-0.2, 0) is 25.7 Å². The molecular weight excluding hydrogens is 362 g/mol. The molecule has 2 amide bonds. The van der Waals surface area contributed by atoms with Crippen LogP contribution in [0.4, 0.5) is 0 Å². The third-order valence-electron chi connectivity index (χ3n) is 5.53. The van der Waals surface area contributed by atoms with E-state index in [1.165, 1.54) is 10.5 Å². The van der Waals surface area contributed by atoms with Crippen molar-refractivity contribution in [2.75, 3.05) is 6.54 Å². The fourth-order valence-corrected chi connectivity index (χ4v) is 4.15. The molecule has 2 atom stereocenters. The molecule has 2 aromatic heterocycles. The molecule has 0 radical (unpaired) electrons. The van der Waals surface area contributed by atoms with Gasteiger partial charge in [-0.15, -0.1) is 0 Å². The summed E-state index contributed by atoms with van der Waals surface area (Å²) in [5.74, 6) is -1.82. The van der Waals surface area contributed by atoms with Gasteiger partial charge in [0.25, 0.3) is 5.56 Å². The summed E-state index contributed by atoms with van der Waals surface area (Å²) in [7, 11) is 0. The van der Waals surface area contributed by atoms with Crippen LogP contribution in [0.3, 0.4) is 0 Å². The summed E-state index contributed by atoms with van der Waals surface area (Å²) < 4.78 is 6.65. The minimum absolute atomic E-state index is 0.193. The van der Waals surface area contributed by atoms with E-state index in [0.29, 0.717) is 24.2 Å². The lowest BCUT2D eigenvalue weighted by molar-refractivity contribution is -0.153. The van der Waals surface area contributed by atoms with E-state index >= 15 is 0 Å². The Bertz CT molecular complexity index is 1000. The van der Waals surface area contributed by atoms with Gasteiger partial charge in [-0.1, -0.05) is 18.9 Å². The van der Waals surface area contributed by atoms with E-state index in [0.717, 1.165) is 23.4 Å². The van der Waals surface area contributed by atoms with Crippen molar-refractivity contribution < 1.29 is 19.1 Å². The average Bonchev–Trinajstić information content (AvgIpc) is 2.91. The molecule has 0 unspecified atom stereocenters. The van der Waals surface area contributed by atoms with Crippen LogP contribution in [0.15, 0.2) is 29.1 Å². The van der Waals surface area contributed by atoms with Crippen LogP contribution >= 0.6 is 0 Å². The number of rotatable bonds is 4. The van der Waals surface area contributed by atoms with Crippen LogP contribution in [0.5, 0.6) is 0 Å². The number of hydrogen-bond acceptors (Lipinski definition) is 6. The first kappa shape index (κ1) is 18.3. The zero-order valence-electron chi connectivity index (χ0n) is 15.6. The van der Waals surface area contributed by atoms with Crippen molar-refractivity contribution in [1.82, 2.24) is 14.3 Å². The maximum atomic E-state index is 12.4. The summed E-state index contributed by atoms with van der Waals surface area (Å²) in [5.41, 5.74) is 1.28. The van der Waals surface area contributed by atoms with Gasteiger partial charge in [0.15, 0.2) is 0 Å². The number of hydrogen-bond donors (Lipinski definition) is 0. The molecule has 1 aliphatic heterocycles. The smallest absolute Gasteiger partial charge is 0.326 e. The monoisotopic (exact) mass is 383 g/mol. The largest absolute Gasteiger partial charge is 0.458 e. The highest BCUT2D eigenvalue weighted by Crippen LogP contribution is 2.37. The molecule has 0 N–H and O–H groups in total. The van der Waals surface area contributed by atoms with E-state index in [1.807, 2.05) is 0 Å². The standard InChI is InChI=1S/C20H21N3O5/c1-12-5-4-8-16-21-13(9-17(24)23(12)16)11-28-18(25)10-22-19(26)14-6-2-3-7-15(14)20(22)27/h4-5,8-9,14-15H,2-3,6-7,10-11H2,1H3/t14-,15-/m1/s1. The van der Waals surface area contributed by atoms with Crippen molar-refractivity contribution in [2.24, 2.45) is 11.8 Å². The van der Waals surface area contributed by atoms with Gasteiger partial charge in [0.1, 0.15) is 18.8 Å². The maximum Gasteiger partial charge on any atom is 0.326 e. The highest BCUT2D eigenvalue weighted by molar-refractivity contribution is 6.07. The number of amides is 2. The zero-order chi connectivity index (χ0) is 19.8. The number of carbonyl (C=O) groups excluding carboxylic acids is 3. The fraction of sp³-hybridized carbons (Fsp3) is 0.450. The first-order valence-corrected chi connectivity index (χ1v) is 9.45. The molecule has 0 bridgehead atoms. The number of aryl methyl sites for hydroxylation is 1. The Morgan fingerprint density at radius 1 is 1.14 bits per heavy atom. The number of imide groups is 1. The van der Waals surface area contributed by atoms with Crippen molar-refractivity contribution in [2.45, 2.75) is 39.2 Å². The first-order chi connectivity index (χ1) is 13.5. The van der Waals surface area contributed by atoms with E-state index in [2.05, 4.69) is 4.98 Å². The summed E-state index contributed by atoms with van der Waals surface area (Å²) in [6.07, 6.45) is 3.26. The number of fused-ring (bicyclic) bond motifs is 2. The number of aromatic nitrogens is 2. The second-order valence-electron chi connectivity index (χ2n) is 7.37. The summed E-state index contributed by atoms with van der Waals surface area (Å²) in [6, 6.07) is 6.60. The normalized spacial score (nSPS) is 21.8. The summed E-state index contributed by atoms with van der Waals surface area (Å²) in [4.78, 5) is 54.6. The van der Waals surface area contributed by atoms with E-state index in [4.69, 9.17) is 4.74 Å². The van der Waals surface area contributed by atoms with E-state index in [-0.39, 0.29) is 35.8 Å². The summed E-state index contributed by atoms with van der Waals surface area (Å²) in [6.45, 7) is 1.22. The molecule has 1 saturated carbocycles. The lowest BCUT2D eigenvalue weighted by atomic mass is 9.81. The quantitative estimate of drug-likeness (QED) is 0.582. The van der Waals surface area contributed by atoms with Crippen molar-refractivity contribution in [3.8, 4) is 0 Å². The van der Waals surface area contributed by atoms with Gasteiger partial charge in [0.05, 0.1) is 17.5 Å². The minimum Gasteiger partial charge on any atom is -0.458 e. The maximum absolute atomic E-state index is 12.4. The predicted octanol–water partition coefficient (Wildman–Crippen LogP) is 1.22. The molecule has 28 heavy (non-hydrogen) atoms. The summed E-state index contributed by atoms with van der Waals surface area (Å²) >= 11 is 0. The minimum atomic E-state index is -0.688. The van der Waals surface area contributed by atoms with Gasteiger partial charge in [-0.05, 0) is 31.9 Å². The molecule has 0 spiro atoms. The van der Waals surface area contributed by atoms with E-state index < -0.39 is 12.5 Å². The third-order valence-corrected chi connectivity index (χ3v) is 5.53. The first-order valence-electron chi connectivity index (χ1n) is 9.45. The molecule has 8 nitrogen and oxygen atoms in total. The second-order valence-corrected chi connectivity index (χ2v) is 7.37. The molecule has 0 aromatic carbocycles. The SMILES string of the molecule is Cc1cccc2nc(COC(=O)CN3C(=O)[C@@H]4CCCC[C@H]4C3=O)cc(=O)n12. The Balaban J connectivity index is 1.42. The van der Waals surface area contributed by atoms with Crippen LogP contribution in [0, 0.1) is 18.8 Å². The molecule has 2 fully saturated rings. The summed E-state index contributed by atoms with van der Waals surface area (Å²) in [5, 5.41) is 0. The number of esters is 1. The van der Waals surface area contributed by atoms with Gasteiger partial charge in [-0.2, -0.15) is 0 Å². The highest BCUT2D eigenvalue weighted by Gasteiger charge is 2.48. The number of nitrogens with zero attached hydrogens (tertiary/aromatic N) is 3. The van der Waals surface area contributed by atoms with Gasteiger partial charge in [-0.3, -0.25) is 28.5 Å². The van der Waals surface area contributed by atoms with Crippen molar-refractivity contribution in [3.05, 3.63) is 46.0 Å². The van der Waals surface area contributed by atoms with Gasteiger partial charge in [-0.25, -0.2) is 4.98 Å². The van der Waals surface area contributed by atoms with Gasteiger partial charge < -0.3 is 4.74 Å². The van der Waals surface area contributed by atoms with Crippen LogP contribution < -0.4 is 5.56 Å². The van der Waals surface area contributed by atoms with Gasteiger partial charge in [0, 0.05) is 11.8 Å². The Kier molecular flexibility index (Phi) is 4.70. The Morgan fingerprint density at radius 3 is 2.50 bits per heavy atom. The number of pyridine rings is 1. The average molecular weight is 383 g/mol. The van der Waals surface area contributed by atoms with Gasteiger partial charge in [0.2, 0.25) is 11.8 Å². The van der Waals surface area contributed by atoms with Crippen LogP contribution in [0.1, 0.15) is 37.1 Å². The lowest BCUT2D eigenvalue weighted by Gasteiger charge is -2.19. The number of likely N-dealkylation sites (tertiary alicyclic amines) is 1. The van der Waals surface area contributed by atoms with E-state index in [1.54, 1.807) is 25.1 Å².